The van der Waals surface area contributed by atoms with Crippen molar-refractivity contribution in [2.45, 2.75) is 18.9 Å². The summed E-state index contributed by atoms with van der Waals surface area (Å²) in [6.07, 6.45) is 2.59. The molecule has 0 radical (unpaired) electrons. The molecule has 1 aromatic rings. The van der Waals surface area contributed by atoms with Crippen LogP contribution in [0.2, 0.25) is 0 Å². The van der Waals surface area contributed by atoms with E-state index in [4.69, 9.17) is 11.6 Å². The highest BCUT2D eigenvalue weighted by molar-refractivity contribution is 6.19. The van der Waals surface area contributed by atoms with Gasteiger partial charge >= 0.3 is 0 Å². The zero-order valence-corrected chi connectivity index (χ0v) is 10.5. The van der Waals surface area contributed by atoms with Crippen LogP contribution in [-0.2, 0) is 11.2 Å². The molecule has 0 bridgehead atoms. The van der Waals surface area contributed by atoms with E-state index in [1.54, 1.807) is 6.07 Å². The largest absolute Gasteiger partial charge is 0.360 e. The Morgan fingerprint density at radius 2 is 2.33 bits per heavy atom. The fraction of sp³-hybridized carbons (Fsp3) is 0.417. The van der Waals surface area contributed by atoms with Crippen molar-refractivity contribution in [1.29, 1.82) is 0 Å². The van der Waals surface area contributed by atoms with Gasteiger partial charge in [0, 0.05) is 30.2 Å². The van der Waals surface area contributed by atoms with E-state index < -0.39 is 11.0 Å². The second kappa shape index (κ2) is 5.35. The molecule has 0 saturated carbocycles. The number of non-ortho nitro benzene ring substituents is 1. The van der Waals surface area contributed by atoms with Crippen molar-refractivity contribution < 1.29 is 9.72 Å². The first-order valence-corrected chi connectivity index (χ1v) is 6.26. The summed E-state index contributed by atoms with van der Waals surface area (Å²) >= 11 is 5.76. The number of aldehydes is 1. The van der Waals surface area contributed by atoms with Crippen LogP contribution in [0.25, 0.3) is 0 Å². The molecule has 5 nitrogen and oxygen atoms in total. The summed E-state index contributed by atoms with van der Waals surface area (Å²) in [4.78, 5) is 23.2. The number of aryl methyl sites for hydroxylation is 1. The van der Waals surface area contributed by atoms with E-state index in [-0.39, 0.29) is 11.6 Å². The summed E-state index contributed by atoms with van der Waals surface area (Å²) in [5.74, 6) is 0.186. The number of fused-ring (bicyclic) bond motifs is 1. The summed E-state index contributed by atoms with van der Waals surface area (Å²) in [7, 11) is 0. The lowest BCUT2D eigenvalue weighted by molar-refractivity contribution is -0.384. The van der Waals surface area contributed by atoms with Gasteiger partial charge < -0.3 is 9.69 Å². The minimum Gasteiger partial charge on any atom is -0.360 e. The zero-order valence-electron chi connectivity index (χ0n) is 9.71. The fourth-order valence-electron chi connectivity index (χ4n) is 2.24. The van der Waals surface area contributed by atoms with Gasteiger partial charge in [-0.05, 0) is 18.4 Å². The number of anilines is 1. The Morgan fingerprint density at radius 3 is 2.94 bits per heavy atom. The average Bonchev–Trinajstić information content (AvgIpc) is 2.39. The molecule has 18 heavy (non-hydrogen) atoms. The molecule has 2 rings (SSSR count). The quantitative estimate of drug-likeness (QED) is 0.363. The van der Waals surface area contributed by atoms with Crippen molar-refractivity contribution in [1.82, 2.24) is 0 Å². The molecule has 1 atom stereocenters. The number of carbonyl (C=O) groups excluding carboxylic acids is 1. The first-order chi connectivity index (χ1) is 8.67. The number of rotatable bonds is 4. The van der Waals surface area contributed by atoms with Crippen molar-refractivity contribution in [3.05, 3.63) is 33.9 Å². The molecule has 0 amide bonds. The molecule has 1 aromatic carbocycles. The van der Waals surface area contributed by atoms with Crippen LogP contribution in [0.5, 0.6) is 0 Å². The molecule has 96 valence electrons. The summed E-state index contributed by atoms with van der Waals surface area (Å²) in [5.41, 5.74) is 1.83. The van der Waals surface area contributed by atoms with Crippen LogP contribution >= 0.6 is 11.6 Å². The van der Waals surface area contributed by atoms with Gasteiger partial charge in [0.05, 0.1) is 11.0 Å². The Morgan fingerprint density at radius 1 is 1.56 bits per heavy atom. The molecule has 0 aliphatic carbocycles. The highest BCUT2D eigenvalue weighted by atomic mass is 35.5. The third kappa shape index (κ3) is 2.31. The number of benzene rings is 1. The first kappa shape index (κ1) is 12.8. The lowest BCUT2D eigenvalue weighted by Gasteiger charge is -2.34. The lowest BCUT2D eigenvalue weighted by atomic mass is 10.00. The highest BCUT2D eigenvalue weighted by Gasteiger charge is 2.25. The molecular formula is C12H13ClN2O3. The zero-order chi connectivity index (χ0) is 13.1. The van der Waals surface area contributed by atoms with Crippen molar-refractivity contribution in [3.63, 3.8) is 0 Å². The Hall–Kier alpha value is -1.62. The number of hydrogen-bond donors (Lipinski definition) is 0. The Bertz CT molecular complexity index is 478. The van der Waals surface area contributed by atoms with E-state index in [0.717, 1.165) is 30.4 Å². The summed E-state index contributed by atoms with van der Waals surface area (Å²) < 4.78 is 0. The highest BCUT2D eigenvalue weighted by Crippen LogP contribution is 2.32. The van der Waals surface area contributed by atoms with E-state index in [0.29, 0.717) is 6.54 Å². The minimum absolute atomic E-state index is 0.0415. The first-order valence-electron chi connectivity index (χ1n) is 5.72. The van der Waals surface area contributed by atoms with Crippen molar-refractivity contribution >= 4 is 29.3 Å². The van der Waals surface area contributed by atoms with Crippen LogP contribution in [-0.4, -0.2) is 29.7 Å². The van der Waals surface area contributed by atoms with E-state index in [2.05, 4.69) is 0 Å². The Kier molecular flexibility index (Phi) is 3.81. The fourth-order valence-corrected chi connectivity index (χ4v) is 2.48. The molecule has 0 fully saturated rings. The molecule has 0 saturated heterocycles. The molecule has 1 heterocycles. The summed E-state index contributed by atoms with van der Waals surface area (Å²) in [6, 6.07) is 4.36. The third-order valence-corrected chi connectivity index (χ3v) is 3.47. The number of nitro groups is 1. The van der Waals surface area contributed by atoms with Gasteiger partial charge in [-0.3, -0.25) is 10.1 Å². The topological polar surface area (TPSA) is 63.5 Å². The Balaban J connectivity index is 2.42. The van der Waals surface area contributed by atoms with Crippen molar-refractivity contribution in [2.75, 3.05) is 17.3 Å². The molecule has 0 spiro atoms. The van der Waals surface area contributed by atoms with Gasteiger partial charge in [-0.25, -0.2) is 0 Å². The molecule has 0 aromatic heterocycles. The van der Waals surface area contributed by atoms with Gasteiger partial charge in [0.2, 0.25) is 0 Å². The third-order valence-electron chi connectivity index (χ3n) is 3.15. The molecule has 0 N–H and O–H groups in total. The Labute approximate surface area is 109 Å². The van der Waals surface area contributed by atoms with Crippen LogP contribution in [0.1, 0.15) is 12.0 Å². The molecular weight excluding hydrogens is 256 g/mol. The van der Waals surface area contributed by atoms with Gasteiger partial charge in [-0.2, -0.15) is 0 Å². The maximum atomic E-state index is 11.0. The molecule has 1 unspecified atom stereocenters. The van der Waals surface area contributed by atoms with Crippen LogP contribution in [0.4, 0.5) is 11.4 Å². The molecule has 6 heteroatoms. The van der Waals surface area contributed by atoms with Crippen LogP contribution in [0.3, 0.4) is 0 Å². The van der Waals surface area contributed by atoms with Gasteiger partial charge in [0.25, 0.3) is 5.69 Å². The van der Waals surface area contributed by atoms with Crippen molar-refractivity contribution in [3.8, 4) is 0 Å². The predicted molar refractivity (Wildman–Crippen MR) is 69.3 cm³/mol. The van der Waals surface area contributed by atoms with E-state index in [1.165, 1.54) is 12.1 Å². The van der Waals surface area contributed by atoms with Gasteiger partial charge in [-0.1, -0.05) is 6.07 Å². The van der Waals surface area contributed by atoms with Gasteiger partial charge in [0.15, 0.2) is 0 Å². The number of nitro benzene ring substituents is 1. The standard InChI is InChI=1S/C12H13ClN2O3/c13-7-11(8-16)14-5-1-2-9-3-4-10(15(17)18)6-12(9)14/h3-4,6,8,11H,1-2,5,7H2. The second-order valence-electron chi connectivity index (χ2n) is 4.22. The maximum absolute atomic E-state index is 11.0. The van der Waals surface area contributed by atoms with E-state index in [9.17, 15) is 14.9 Å². The molecule has 1 aliphatic rings. The maximum Gasteiger partial charge on any atom is 0.271 e. The van der Waals surface area contributed by atoms with Crippen LogP contribution in [0.15, 0.2) is 18.2 Å². The molecule has 1 aliphatic heterocycles. The van der Waals surface area contributed by atoms with Gasteiger partial charge in [-0.15, -0.1) is 11.6 Å². The van der Waals surface area contributed by atoms with E-state index >= 15 is 0 Å². The number of hydrogen-bond acceptors (Lipinski definition) is 4. The predicted octanol–water partition coefficient (Wildman–Crippen LogP) is 2.15. The normalized spacial score (nSPS) is 15.9. The number of nitrogens with zero attached hydrogens (tertiary/aromatic N) is 2. The van der Waals surface area contributed by atoms with Crippen molar-refractivity contribution in [2.24, 2.45) is 0 Å². The van der Waals surface area contributed by atoms with Gasteiger partial charge in [0.1, 0.15) is 6.29 Å². The summed E-state index contributed by atoms with van der Waals surface area (Å²) in [6.45, 7) is 0.699. The number of halogens is 1. The number of carbonyl (C=O) groups is 1. The average molecular weight is 269 g/mol. The van der Waals surface area contributed by atoms with Crippen LogP contribution in [0, 0.1) is 10.1 Å². The monoisotopic (exact) mass is 268 g/mol. The SMILES string of the molecule is O=CC(CCl)N1CCCc2ccc([N+](=O)[O-])cc21. The van der Waals surface area contributed by atoms with E-state index in [1.807, 2.05) is 4.90 Å². The minimum atomic E-state index is -0.427. The van der Waals surface area contributed by atoms with Crippen LogP contribution < -0.4 is 4.90 Å². The summed E-state index contributed by atoms with van der Waals surface area (Å²) in [5, 5.41) is 10.8. The lowest BCUT2D eigenvalue weighted by Crippen LogP contribution is -2.41. The number of alkyl halides is 1. The second-order valence-corrected chi connectivity index (χ2v) is 4.53. The smallest absolute Gasteiger partial charge is 0.271 e.